The molecule has 8 N–H and O–H groups in total. The Morgan fingerprint density at radius 3 is 0.625 bits per heavy atom. The largest absolute Gasteiger partial charge is 0.491 e. The zero-order valence-corrected chi connectivity index (χ0v) is 39.5. The third kappa shape index (κ3) is 15.3. The average molecular weight is 977 g/mol. The molecule has 0 amide bonds. The van der Waals surface area contributed by atoms with Gasteiger partial charge in [0.25, 0.3) is 0 Å². The lowest BCUT2D eigenvalue weighted by atomic mass is 10.1. The molecule has 0 aliphatic rings. The maximum absolute atomic E-state index is 9.73. The van der Waals surface area contributed by atoms with E-state index in [1.165, 1.54) is 0 Å². The standard InChI is InChI=1S/C58H60N2O12/c61-33-51(65)37-69-55-25-17-47(18-26-55)59(48-19-27-56(28-20-48)70-38-52(66)34-62)45-13-9-43(10-14-45)7-5-41-1-2-42(4-3-41)6-8-44-11-15-46(16-12-44)60(49-21-29-57(30-22-49)71-39-53(67)35-63)50-23-31-58(32-24-50)72-40-54(68)36-64/h1-32,51-54,61-68H,33-40H2/b7-5-,8-6-. The summed E-state index contributed by atoms with van der Waals surface area (Å²) in [6.07, 6.45) is 4.34. The average Bonchev–Trinajstić information content (AvgIpc) is 3.43. The van der Waals surface area contributed by atoms with Crippen LogP contribution in [0, 0.1) is 0 Å². The zero-order chi connectivity index (χ0) is 50.7. The molecule has 4 atom stereocenters. The maximum Gasteiger partial charge on any atom is 0.119 e. The molecule has 0 saturated carbocycles. The van der Waals surface area contributed by atoms with Gasteiger partial charge in [-0.25, -0.2) is 0 Å². The molecular weight excluding hydrogens is 917 g/mol. The zero-order valence-electron chi connectivity index (χ0n) is 39.5. The second-order valence-electron chi connectivity index (χ2n) is 16.8. The summed E-state index contributed by atoms with van der Waals surface area (Å²) in [6.45, 7) is -1.69. The van der Waals surface area contributed by atoms with Crippen LogP contribution in [0.4, 0.5) is 34.1 Å². The minimum atomic E-state index is -0.976. The summed E-state index contributed by atoms with van der Waals surface area (Å²) in [4.78, 5) is 4.14. The lowest BCUT2D eigenvalue weighted by molar-refractivity contribution is 0.0536. The van der Waals surface area contributed by atoms with E-state index < -0.39 is 50.8 Å². The van der Waals surface area contributed by atoms with E-state index in [1.54, 1.807) is 48.5 Å². The molecule has 7 rings (SSSR count). The molecule has 0 aliphatic heterocycles. The van der Waals surface area contributed by atoms with Gasteiger partial charge < -0.3 is 69.6 Å². The summed E-state index contributed by atoms with van der Waals surface area (Å²) >= 11 is 0. The topological polar surface area (TPSA) is 205 Å². The van der Waals surface area contributed by atoms with Crippen LogP contribution in [-0.2, 0) is 0 Å². The Balaban J connectivity index is 1.02. The second kappa shape index (κ2) is 26.6. The van der Waals surface area contributed by atoms with Gasteiger partial charge in [-0.1, -0.05) is 72.8 Å². The highest BCUT2D eigenvalue weighted by Gasteiger charge is 2.16. The number of hydrogen-bond acceptors (Lipinski definition) is 14. The maximum atomic E-state index is 9.73. The number of aliphatic hydroxyl groups is 8. The fourth-order valence-corrected chi connectivity index (χ4v) is 7.21. The Bertz CT molecular complexity index is 2430. The molecule has 0 spiro atoms. The molecule has 0 radical (unpaired) electrons. The van der Waals surface area contributed by atoms with Crippen molar-refractivity contribution in [2.45, 2.75) is 24.4 Å². The second-order valence-corrected chi connectivity index (χ2v) is 16.8. The van der Waals surface area contributed by atoms with Crippen LogP contribution in [0.25, 0.3) is 24.3 Å². The van der Waals surface area contributed by atoms with Crippen molar-refractivity contribution < 1.29 is 59.8 Å². The molecule has 4 unspecified atom stereocenters. The van der Waals surface area contributed by atoms with Crippen molar-refractivity contribution in [1.29, 1.82) is 0 Å². The van der Waals surface area contributed by atoms with E-state index in [1.807, 2.05) is 97.1 Å². The highest BCUT2D eigenvalue weighted by molar-refractivity contribution is 5.80. The highest BCUT2D eigenvalue weighted by Crippen LogP contribution is 2.38. The molecule has 374 valence electrons. The third-order valence-corrected chi connectivity index (χ3v) is 11.2. The fraction of sp³-hybridized carbons (Fsp3) is 0.207. The molecule has 0 fully saturated rings. The number of aliphatic hydroxyl groups excluding tert-OH is 8. The molecule has 14 nitrogen and oxygen atoms in total. The van der Waals surface area contributed by atoms with Crippen LogP contribution in [0.1, 0.15) is 22.3 Å². The van der Waals surface area contributed by atoms with Crippen LogP contribution in [-0.4, -0.2) is 118 Å². The molecule has 0 bridgehead atoms. The van der Waals surface area contributed by atoms with Gasteiger partial charge in [-0.05, 0) is 144 Å². The van der Waals surface area contributed by atoms with Crippen molar-refractivity contribution in [3.63, 3.8) is 0 Å². The molecule has 14 heteroatoms. The first-order valence-electron chi connectivity index (χ1n) is 23.4. The first-order valence-corrected chi connectivity index (χ1v) is 23.4. The van der Waals surface area contributed by atoms with E-state index >= 15 is 0 Å². The predicted octanol–water partition coefficient (Wildman–Crippen LogP) is 7.90. The number of ether oxygens (including phenoxy) is 4. The number of benzene rings is 7. The summed E-state index contributed by atoms with van der Waals surface area (Å²) < 4.78 is 22.5. The van der Waals surface area contributed by atoms with Gasteiger partial charge in [0.05, 0.1) is 26.4 Å². The van der Waals surface area contributed by atoms with Gasteiger partial charge in [0.15, 0.2) is 0 Å². The number of hydrogen-bond donors (Lipinski definition) is 8. The van der Waals surface area contributed by atoms with Crippen LogP contribution in [0.2, 0.25) is 0 Å². The van der Waals surface area contributed by atoms with Crippen LogP contribution in [0.15, 0.2) is 170 Å². The van der Waals surface area contributed by atoms with Crippen molar-refractivity contribution in [3.8, 4) is 23.0 Å². The number of rotatable bonds is 26. The molecule has 7 aromatic rings. The SMILES string of the molecule is OCC(O)COc1ccc(N(c2ccc(/C=C\c3ccc(/C=C\c4ccc(N(c5ccc(OCC(O)CO)cc5)c5ccc(OCC(O)CO)cc5)cc4)cc3)cc2)c2ccc(OCC(O)CO)cc2)cc1. The first kappa shape index (κ1) is 52.3. The van der Waals surface area contributed by atoms with Gasteiger partial charge >= 0.3 is 0 Å². The van der Waals surface area contributed by atoms with Crippen molar-refractivity contribution in [2.75, 3.05) is 62.7 Å². The van der Waals surface area contributed by atoms with E-state index in [0.717, 1.165) is 56.4 Å². The van der Waals surface area contributed by atoms with Crippen LogP contribution in [0.3, 0.4) is 0 Å². The van der Waals surface area contributed by atoms with Crippen LogP contribution in [0.5, 0.6) is 23.0 Å². The Morgan fingerprint density at radius 1 is 0.278 bits per heavy atom. The summed E-state index contributed by atoms with van der Waals surface area (Å²) in [5.41, 5.74) is 9.28. The van der Waals surface area contributed by atoms with Gasteiger partial charge in [0.2, 0.25) is 0 Å². The van der Waals surface area contributed by atoms with E-state index in [2.05, 4.69) is 58.4 Å². The Hall–Kier alpha value is -7.50. The van der Waals surface area contributed by atoms with Crippen LogP contribution < -0.4 is 28.7 Å². The van der Waals surface area contributed by atoms with Gasteiger partial charge in [-0.15, -0.1) is 0 Å². The minimum Gasteiger partial charge on any atom is -0.491 e. The van der Waals surface area contributed by atoms with E-state index in [0.29, 0.717) is 23.0 Å². The number of anilines is 6. The van der Waals surface area contributed by atoms with Gasteiger partial charge in [-0.2, -0.15) is 0 Å². The normalized spacial score (nSPS) is 13.1. The lowest BCUT2D eigenvalue weighted by Gasteiger charge is -2.26. The molecule has 0 heterocycles. The van der Waals surface area contributed by atoms with E-state index in [-0.39, 0.29) is 26.4 Å². The van der Waals surface area contributed by atoms with Gasteiger partial charge in [-0.3, -0.25) is 0 Å². The quantitative estimate of drug-likeness (QED) is 0.0243. The molecular formula is C58H60N2O12. The summed E-state index contributed by atoms with van der Waals surface area (Å²) in [6, 6.07) is 54.3. The van der Waals surface area contributed by atoms with Crippen molar-refractivity contribution in [2.24, 2.45) is 0 Å². The van der Waals surface area contributed by atoms with Crippen molar-refractivity contribution in [1.82, 2.24) is 0 Å². The molecule has 7 aromatic carbocycles. The van der Waals surface area contributed by atoms with Gasteiger partial charge in [0.1, 0.15) is 73.8 Å². The Kier molecular flexibility index (Phi) is 19.4. The summed E-state index contributed by atoms with van der Waals surface area (Å²) in [5, 5.41) is 75.6. The summed E-state index contributed by atoms with van der Waals surface area (Å²) in [5.74, 6) is 2.20. The monoisotopic (exact) mass is 976 g/mol. The van der Waals surface area contributed by atoms with Crippen molar-refractivity contribution in [3.05, 3.63) is 192 Å². The van der Waals surface area contributed by atoms with E-state index in [4.69, 9.17) is 39.4 Å². The molecule has 0 aromatic heterocycles. The fourth-order valence-electron chi connectivity index (χ4n) is 7.21. The smallest absolute Gasteiger partial charge is 0.119 e. The molecule has 72 heavy (non-hydrogen) atoms. The Labute approximate surface area is 419 Å². The minimum absolute atomic E-state index is 0.0319. The third-order valence-electron chi connectivity index (χ3n) is 11.2. The van der Waals surface area contributed by atoms with Crippen LogP contribution >= 0.6 is 0 Å². The summed E-state index contributed by atoms with van der Waals surface area (Å²) in [7, 11) is 0. The van der Waals surface area contributed by atoms with E-state index in [9.17, 15) is 20.4 Å². The Morgan fingerprint density at radius 2 is 0.444 bits per heavy atom. The molecule has 0 saturated heterocycles. The first-order chi connectivity index (χ1) is 35.1. The number of nitrogens with zero attached hydrogens (tertiary/aromatic N) is 2. The van der Waals surface area contributed by atoms with Gasteiger partial charge in [0, 0.05) is 34.1 Å². The predicted molar refractivity (Wildman–Crippen MR) is 281 cm³/mol. The molecule has 0 aliphatic carbocycles. The highest BCUT2D eigenvalue weighted by atomic mass is 16.5. The van der Waals surface area contributed by atoms with Crippen molar-refractivity contribution >= 4 is 58.4 Å². The lowest BCUT2D eigenvalue weighted by Crippen LogP contribution is -2.21.